The highest BCUT2D eigenvalue weighted by Gasteiger charge is 2.36. The molecule has 20 heavy (non-hydrogen) atoms. The monoisotopic (exact) mass is 279 g/mol. The van der Waals surface area contributed by atoms with E-state index in [-0.39, 0.29) is 0 Å². The minimum absolute atomic E-state index is 0.550. The van der Waals surface area contributed by atoms with Crippen LogP contribution in [0.3, 0.4) is 0 Å². The van der Waals surface area contributed by atoms with E-state index in [2.05, 4.69) is 12.2 Å². The van der Waals surface area contributed by atoms with Crippen LogP contribution in [0.25, 0.3) is 0 Å². The highest BCUT2D eigenvalue weighted by molar-refractivity contribution is 4.93. The molecular formula is C18H33NO. The van der Waals surface area contributed by atoms with E-state index in [4.69, 9.17) is 4.74 Å². The summed E-state index contributed by atoms with van der Waals surface area (Å²) < 4.78 is 5.70. The molecule has 3 fully saturated rings. The molecule has 2 heteroatoms. The third-order valence-corrected chi connectivity index (χ3v) is 6.02. The van der Waals surface area contributed by atoms with Gasteiger partial charge >= 0.3 is 0 Å². The predicted molar refractivity (Wildman–Crippen MR) is 83.9 cm³/mol. The Labute approximate surface area is 125 Å². The van der Waals surface area contributed by atoms with Crippen LogP contribution in [0.4, 0.5) is 0 Å². The predicted octanol–water partition coefficient (Wildman–Crippen LogP) is 4.28. The lowest BCUT2D eigenvalue weighted by Crippen LogP contribution is -2.53. The van der Waals surface area contributed by atoms with Gasteiger partial charge in [-0.25, -0.2) is 0 Å². The van der Waals surface area contributed by atoms with Crippen molar-refractivity contribution in [3.05, 3.63) is 0 Å². The molecule has 0 amide bonds. The van der Waals surface area contributed by atoms with Crippen molar-refractivity contribution in [1.82, 2.24) is 5.32 Å². The molecule has 0 bridgehead atoms. The van der Waals surface area contributed by atoms with Gasteiger partial charge in [-0.15, -0.1) is 0 Å². The fourth-order valence-corrected chi connectivity index (χ4v) is 4.87. The summed E-state index contributed by atoms with van der Waals surface area (Å²) in [6.07, 6.45) is 16.4. The summed E-state index contributed by atoms with van der Waals surface area (Å²) in [6, 6.07) is 1.57. The summed E-state index contributed by atoms with van der Waals surface area (Å²) in [4.78, 5) is 0. The van der Waals surface area contributed by atoms with Crippen LogP contribution in [0, 0.1) is 11.8 Å². The molecule has 2 atom stereocenters. The first-order valence-electron chi connectivity index (χ1n) is 9.24. The molecule has 3 aliphatic carbocycles. The zero-order chi connectivity index (χ0) is 13.8. The van der Waals surface area contributed by atoms with Crippen molar-refractivity contribution < 1.29 is 4.74 Å². The van der Waals surface area contributed by atoms with E-state index in [1.165, 1.54) is 70.6 Å². The molecule has 2 nitrogen and oxygen atoms in total. The molecule has 0 aromatic rings. The summed E-state index contributed by atoms with van der Waals surface area (Å²) in [5, 5.41) is 4.01. The molecule has 0 heterocycles. The zero-order valence-electron chi connectivity index (χ0n) is 13.3. The lowest BCUT2D eigenvalue weighted by Gasteiger charge is -2.44. The second-order valence-corrected chi connectivity index (χ2v) is 7.37. The van der Waals surface area contributed by atoms with Crippen molar-refractivity contribution in [3.8, 4) is 0 Å². The summed E-state index contributed by atoms with van der Waals surface area (Å²) in [6.45, 7) is 2.99. The van der Waals surface area contributed by atoms with Crippen LogP contribution in [0.1, 0.15) is 77.6 Å². The molecule has 3 rings (SSSR count). The van der Waals surface area contributed by atoms with Gasteiger partial charge in [0.15, 0.2) is 0 Å². The van der Waals surface area contributed by atoms with Crippen molar-refractivity contribution >= 4 is 0 Å². The molecule has 0 radical (unpaired) electrons. The van der Waals surface area contributed by atoms with Gasteiger partial charge in [-0.3, -0.25) is 0 Å². The molecule has 116 valence electrons. The molecule has 2 unspecified atom stereocenters. The number of ether oxygens (including phenoxy) is 1. The molecule has 0 aromatic carbocycles. The van der Waals surface area contributed by atoms with E-state index in [1.54, 1.807) is 0 Å². The Morgan fingerprint density at radius 1 is 0.900 bits per heavy atom. The smallest absolute Gasteiger partial charge is 0.0604 e. The van der Waals surface area contributed by atoms with Crippen molar-refractivity contribution in [2.75, 3.05) is 6.61 Å². The highest BCUT2D eigenvalue weighted by Crippen LogP contribution is 2.39. The summed E-state index contributed by atoms with van der Waals surface area (Å²) >= 11 is 0. The second-order valence-electron chi connectivity index (χ2n) is 7.37. The van der Waals surface area contributed by atoms with E-state index in [0.29, 0.717) is 6.10 Å². The van der Waals surface area contributed by atoms with Crippen LogP contribution in [0.15, 0.2) is 0 Å². The van der Waals surface area contributed by atoms with Crippen molar-refractivity contribution in [2.45, 2.75) is 95.7 Å². The average molecular weight is 279 g/mol. The van der Waals surface area contributed by atoms with Crippen LogP contribution in [0.5, 0.6) is 0 Å². The number of nitrogens with one attached hydrogen (secondary N) is 1. The molecule has 0 saturated heterocycles. The van der Waals surface area contributed by atoms with E-state index >= 15 is 0 Å². The maximum absolute atomic E-state index is 5.70. The van der Waals surface area contributed by atoms with E-state index < -0.39 is 0 Å². The topological polar surface area (TPSA) is 21.3 Å². The van der Waals surface area contributed by atoms with Crippen LogP contribution >= 0.6 is 0 Å². The maximum Gasteiger partial charge on any atom is 0.0604 e. The first kappa shape index (κ1) is 14.8. The van der Waals surface area contributed by atoms with Gasteiger partial charge in [0, 0.05) is 18.7 Å². The maximum atomic E-state index is 5.70. The van der Waals surface area contributed by atoms with Crippen LogP contribution in [0.2, 0.25) is 0 Å². The largest absolute Gasteiger partial charge is 0.378 e. The van der Waals surface area contributed by atoms with Crippen molar-refractivity contribution in [1.29, 1.82) is 0 Å². The average Bonchev–Trinajstić information content (AvgIpc) is 2.46. The summed E-state index contributed by atoms with van der Waals surface area (Å²) in [7, 11) is 0. The Hall–Kier alpha value is -0.0800. The summed E-state index contributed by atoms with van der Waals surface area (Å²) in [5.74, 6) is 2.01. The van der Waals surface area contributed by atoms with Crippen molar-refractivity contribution in [2.24, 2.45) is 11.8 Å². The number of hydrogen-bond acceptors (Lipinski definition) is 2. The quantitative estimate of drug-likeness (QED) is 0.811. The Bertz CT molecular complexity index is 281. The van der Waals surface area contributed by atoms with Crippen LogP contribution < -0.4 is 5.32 Å². The fraction of sp³-hybridized carbons (Fsp3) is 1.00. The Balaban J connectivity index is 1.48. The normalized spacial score (nSPS) is 39.5. The van der Waals surface area contributed by atoms with Gasteiger partial charge in [-0.1, -0.05) is 44.9 Å². The molecular weight excluding hydrogens is 246 g/mol. The lowest BCUT2D eigenvalue weighted by molar-refractivity contribution is -0.0176. The molecule has 3 saturated carbocycles. The van der Waals surface area contributed by atoms with Crippen molar-refractivity contribution in [3.63, 3.8) is 0 Å². The minimum Gasteiger partial charge on any atom is -0.378 e. The third kappa shape index (κ3) is 3.57. The van der Waals surface area contributed by atoms with Crippen LogP contribution in [-0.4, -0.2) is 24.8 Å². The number of rotatable bonds is 5. The van der Waals surface area contributed by atoms with Gasteiger partial charge in [0.25, 0.3) is 0 Å². The molecule has 0 spiro atoms. The Morgan fingerprint density at radius 2 is 1.60 bits per heavy atom. The van der Waals surface area contributed by atoms with E-state index in [1.807, 2.05) is 0 Å². The SMILES string of the molecule is CCOC1CC(NC2CCCCC2C2CCCCC2)C1. The van der Waals surface area contributed by atoms with Gasteiger partial charge in [-0.2, -0.15) is 0 Å². The lowest BCUT2D eigenvalue weighted by atomic mass is 9.70. The van der Waals surface area contributed by atoms with E-state index in [9.17, 15) is 0 Å². The second kappa shape index (κ2) is 7.26. The summed E-state index contributed by atoms with van der Waals surface area (Å²) in [5.41, 5.74) is 0. The van der Waals surface area contributed by atoms with Gasteiger partial charge in [0.2, 0.25) is 0 Å². The minimum atomic E-state index is 0.550. The van der Waals surface area contributed by atoms with Gasteiger partial charge < -0.3 is 10.1 Å². The standard InChI is InChI=1S/C18H33NO/c1-2-20-16-12-15(13-16)19-18-11-7-6-10-17(18)14-8-4-3-5-9-14/h14-19H,2-13H2,1H3. The van der Waals surface area contributed by atoms with E-state index in [0.717, 1.165) is 30.5 Å². The first-order chi connectivity index (χ1) is 9.86. The first-order valence-corrected chi connectivity index (χ1v) is 9.24. The molecule has 0 aliphatic heterocycles. The molecule has 3 aliphatic rings. The molecule has 1 N–H and O–H groups in total. The fourth-order valence-electron chi connectivity index (χ4n) is 4.87. The zero-order valence-corrected chi connectivity index (χ0v) is 13.3. The Kier molecular flexibility index (Phi) is 5.39. The van der Waals surface area contributed by atoms with Crippen LogP contribution in [-0.2, 0) is 4.74 Å². The number of hydrogen-bond donors (Lipinski definition) is 1. The Morgan fingerprint density at radius 3 is 2.35 bits per heavy atom. The van der Waals surface area contributed by atoms with Gasteiger partial charge in [-0.05, 0) is 44.4 Å². The molecule has 0 aromatic heterocycles. The highest BCUT2D eigenvalue weighted by atomic mass is 16.5. The van der Waals surface area contributed by atoms with Gasteiger partial charge in [0.1, 0.15) is 0 Å². The third-order valence-electron chi connectivity index (χ3n) is 6.02. The van der Waals surface area contributed by atoms with Gasteiger partial charge in [0.05, 0.1) is 6.10 Å².